The van der Waals surface area contributed by atoms with Gasteiger partial charge in [-0.2, -0.15) is 0 Å². The lowest BCUT2D eigenvalue weighted by Gasteiger charge is -2.26. The Morgan fingerprint density at radius 3 is 2.56 bits per heavy atom. The van der Waals surface area contributed by atoms with Crippen molar-refractivity contribution in [3.63, 3.8) is 0 Å². The van der Waals surface area contributed by atoms with Crippen molar-refractivity contribution in [3.05, 3.63) is 35.4 Å². The predicted octanol–water partition coefficient (Wildman–Crippen LogP) is 2.76. The van der Waals surface area contributed by atoms with Crippen LogP contribution in [0.4, 0.5) is 0 Å². The molecule has 140 valence electrons. The van der Waals surface area contributed by atoms with E-state index in [1.807, 2.05) is 6.92 Å². The van der Waals surface area contributed by atoms with Crippen molar-refractivity contribution in [2.75, 3.05) is 39.3 Å². The number of likely N-dealkylation sites (tertiary alicyclic amines) is 1. The zero-order valence-electron chi connectivity index (χ0n) is 15.9. The summed E-state index contributed by atoms with van der Waals surface area (Å²) in [6.45, 7) is 11.6. The molecular formula is C20H34N4O. The highest BCUT2D eigenvalue weighted by Gasteiger charge is 2.09. The summed E-state index contributed by atoms with van der Waals surface area (Å²) in [6, 6.07) is 8.38. The van der Waals surface area contributed by atoms with Gasteiger partial charge in [0.1, 0.15) is 0 Å². The van der Waals surface area contributed by atoms with Gasteiger partial charge in [-0.25, -0.2) is 4.99 Å². The van der Waals surface area contributed by atoms with Crippen LogP contribution < -0.4 is 10.6 Å². The second-order valence-electron chi connectivity index (χ2n) is 6.43. The second kappa shape index (κ2) is 11.9. The molecular weight excluding hydrogens is 312 g/mol. The van der Waals surface area contributed by atoms with Gasteiger partial charge in [-0.15, -0.1) is 0 Å². The highest BCUT2D eigenvalue weighted by Crippen LogP contribution is 2.11. The Kier molecular flexibility index (Phi) is 9.37. The van der Waals surface area contributed by atoms with Gasteiger partial charge in [-0.3, -0.25) is 0 Å². The van der Waals surface area contributed by atoms with E-state index in [-0.39, 0.29) is 0 Å². The molecule has 5 heteroatoms. The molecule has 0 radical (unpaired) electrons. The number of piperidine rings is 1. The van der Waals surface area contributed by atoms with Crippen LogP contribution in [0.2, 0.25) is 0 Å². The smallest absolute Gasteiger partial charge is 0.191 e. The van der Waals surface area contributed by atoms with Crippen LogP contribution >= 0.6 is 0 Å². The van der Waals surface area contributed by atoms with Crippen molar-refractivity contribution in [2.24, 2.45) is 4.99 Å². The van der Waals surface area contributed by atoms with Gasteiger partial charge in [-0.05, 0) is 50.9 Å². The van der Waals surface area contributed by atoms with E-state index in [4.69, 9.17) is 9.73 Å². The van der Waals surface area contributed by atoms with E-state index in [9.17, 15) is 0 Å². The summed E-state index contributed by atoms with van der Waals surface area (Å²) < 4.78 is 5.56. The van der Waals surface area contributed by atoms with Gasteiger partial charge >= 0.3 is 0 Å². The molecule has 0 bridgehead atoms. The first-order valence-electron chi connectivity index (χ1n) is 9.72. The minimum absolute atomic E-state index is 0.654. The molecule has 1 aliphatic rings. The fourth-order valence-electron chi connectivity index (χ4n) is 3.09. The summed E-state index contributed by atoms with van der Waals surface area (Å²) in [4.78, 5) is 7.29. The number of benzene rings is 1. The molecule has 5 nitrogen and oxygen atoms in total. The van der Waals surface area contributed by atoms with Gasteiger partial charge < -0.3 is 20.3 Å². The molecule has 1 aromatic rings. The summed E-state index contributed by atoms with van der Waals surface area (Å²) in [5, 5.41) is 6.81. The van der Waals surface area contributed by atoms with Crippen LogP contribution in [-0.4, -0.2) is 50.2 Å². The van der Waals surface area contributed by atoms with Crippen molar-refractivity contribution in [3.8, 4) is 0 Å². The van der Waals surface area contributed by atoms with Gasteiger partial charge in [0.05, 0.1) is 13.2 Å². The summed E-state index contributed by atoms with van der Waals surface area (Å²) in [6.07, 6.45) is 4.06. The van der Waals surface area contributed by atoms with E-state index in [1.165, 1.54) is 43.5 Å². The average molecular weight is 347 g/mol. The van der Waals surface area contributed by atoms with Crippen LogP contribution in [0.1, 0.15) is 44.2 Å². The number of ether oxygens (including phenoxy) is 1. The Labute approximate surface area is 152 Å². The SMILES string of the molecule is CCNC(=NCc1ccccc1COCC)NCCN1CCCCC1. The predicted molar refractivity (Wildman–Crippen MR) is 105 cm³/mol. The topological polar surface area (TPSA) is 48.9 Å². The molecule has 0 saturated carbocycles. The second-order valence-corrected chi connectivity index (χ2v) is 6.43. The molecule has 2 N–H and O–H groups in total. The van der Waals surface area contributed by atoms with E-state index in [2.05, 4.69) is 46.7 Å². The minimum atomic E-state index is 0.654. The van der Waals surface area contributed by atoms with E-state index < -0.39 is 0 Å². The Bertz CT molecular complexity index is 512. The van der Waals surface area contributed by atoms with E-state index in [0.717, 1.165) is 32.2 Å². The highest BCUT2D eigenvalue weighted by atomic mass is 16.5. The van der Waals surface area contributed by atoms with E-state index >= 15 is 0 Å². The van der Waals surface area contributed by atoms with Crippen molar-refractivity contribution in [1.29, 1.82) is 0 Å². The minimum Gasteiger partial charge on any atom is -0.377 e. The van der Waals surface area contributed by atoms with Crippen molar-refractivity contribution in [2.45, 2.75) is 46.3 Å². The maximum absolute atomic E-state index is 5.56. The molecule has 25 heavy (non-hydrogen) atoms. The number of guanidine groups is 1. The third kappa shape index (κ3) is 7.45. The first-order valence-corrected chi connectivity index (χ1v) is 9.72. The highest BCUT2D eigenvalue weighted by molar-refractivity contribution is 5.79. The first kappa shape index (κ1) is 19.7. The molecule has 0 aliphatic carbocycles. The zero-order valence-corrected chi connectivity index (χ0v) is 15.9. The molecule has 1 fully saturated rings. The van der Waals surface area contributed by atoms with Crippen LogP contribution in [0.25, 0.3) is 0 Å². The molecule has 1 heterocycles. The van der Waals surface area contributed by atoms with E-state index in [0.29, 0.717) is 13.2 Å². The third-order valence-electron chi connectivity index (χ3n) is 4.50. The number of nitrogens with zero attached hydrogens (tertiary/aromatic N) is 2. The number of hydrogen-bond donors (Lipinski definition) is 2. The molecule has 2 rings (SSSR count). The van der Waals surface area contributed by atoms with Crippen LogP contribution in [0.15, 0.2) is 29.3 Å². The average Bonchev–Trinajstić information content (AvgIpc) is 2.66. The van der Waals surface area contributed by atoms with Gasteiger partial charge in [-0.1, -0.05) is 30.7 Å². The lowest BCUT2D eigenvalue weighted by Crippen LogP contribution is -2.42. The van der Waals surface area contributed by atoms with Crippen LogP contribution in [0.3, 0.4) is 0 Å². The van der Waals surface area contributed by atoms with Gasteiger partial charge in [0, 0.05) is 26.2 Å². The Morgan fingerprint density at radius 2 is 1.84 bits per heavy atom. The fourth-order valence-corrected chi connectivity index (χ4v) is 3.09. The first-order chi connectivity index (χ1) is 12.3. The van der Waals surface area contributed by atoms with Gasteiger partial charge in [0.2, 0.25) is 0 Å². The molecule has 0 amide bonds. The molecule has 1 aromatic carbocycles. The lowest BCUT2D eigenvalue weighted by molar-refractivity contribution is 0.133. The van der Waals surface area contributed by atoms with Crippen LogP contribution in [0, 0.1) is 0 Å². The van der Waals surface area contributed by atoms with Crippen LogP contribution in [-0.2, 0) is 17.9 Å². The zero-order chi connectivity index (χ0) is 17.7. The Morgan fingerprint density at radius 1 is 1.08 bits per heavy atom. The normalized spacial score (nSPS) is 16.0. The van der Waals surface area contributed by atoms with Gasteiger partial charge in [0.25, 0.3) is 0 Å². The molecule has 1 saturated heterocycles. The number of nitrogens with one attached hydrogen (secondary N) is 2. The molecule has 0 atom stereocenters. The third-order valence-corrected chi connectivity index (χ3v) is 4.50. The summed E-state index contributed by atoms with van der Waals surface area (Å²) >= 11 is 0. The lowest BCUT2D eigenvalue weighted by atomic mass is 10.1. The monoisotopic (exact) mass is 346 g/mol. The quantitative estimate of drug-likeness (QED) is 0.533. The van der Waals surface area contributed by atoms with Crippen molar-refractivity contribution < 1.29 is 4.74 Å². The van der Waals surface area contributed by atoms with Crippen LogP contribution in [0.5, 0.6) is 0 Å². The van der Waals surface area contributed by atoms with Crippen molar-refractivity contribution >= 4 is 5.96 Å². The molecule has 0 spiro atoms. The Balaban J connectivity index is 1.85. The Hall–Kier alpha value is -1.59. The summed E-state index contributed by atoms with van der Waals surface area (Å²) in [5.74, 6) is 0.894. The summed E-state index contributed by atoms with van der Waals surface area (Å²) in [5.41, 5.74) is 2.45. The van der Waals surface area contributed by atoms with Gasteiger partial charge in [0.15, 0.2) is 5.96 Å². The number of hydrogen-bond acceptors (Lipinski definition) is 3. The number of aliphatic imine (C=N–C) groups is 1. The molecule has 0 aromatic heterocycles. The maximum Gasteiger partial charge on any atom is 0.191 e. The fraction of sp³-hybridized carbons (Fsp3) is 0.650. The molecule has 0 unspecified atom stereocenters. The summed E-state index contributed by atoms with van der Waals surface area (Å²) in [7, 11) is 0. The standard InChI is InChI=1S/C20H34N4O/c1-3-21-20(22-12-15-24-13-8-5-9-14-24)23-16-18-10-6-7-11-19(18)17-25-4-2/h6-7,10-11H,3-5,8-9,12-17H2,1-2H3,(H2,21,22,23). The maximum atomic E-state index is 5.56. The molecule has 1 aliphatic heterocycles. The van der Waals surface area contributed by atoms with Crippen molar-refractivity contribution in [1.82, 2.24) is 15.5 Å². The largest absolute Gasteiger partial charge is 0.377 e. The van der Waals surface area contributed by atoms with E-state index in [1.54, 1.807) is 0 Å². The number of rotatable bonds is 9.